The molecule has 0 spiro atoms. The highest BCUT2D eigenvalue weighted by atomic mass is 35.5. The summed E-state index contributed by atoms with van der Waals surface area (Å²) in [5.41, 5.74) is 1.35. The van der Waals surface area contributed by atoms with Crippen molar-refractivity contribution in [2.24, 2.45) is 0 Å². The first-order chi connectivity index (χ1) is 15.3. The second-order valence-corrected chi connectivity index (χ2v) is 7.48. The topological polar surface area (TPSA) is 94.2 Å². The molecule has 0 radical (unpaired) electrons. The van der Waals surface area contributed by atoms with Crippen LogP contribution in [0.4, 0.5) is 4.79 Å². The van der Waals surface area contributed by atoms with Crippen molar-refractivity contribution in [1.29, 1.82) is 0 Å². The quantitative estimate of drug-likeness (QED) is 0.349. The maximum absolute atomic E-state index is 12.8. The number of ether oxygens (including phenoxy) is 3. The fraction of sp³-hybridized carbons (Fsp3) is 0.227. The average molecular weight is 479 g/mol. The zero-order chi connectivity index (χ0) is 23.3. The number of esters is 1. The number of benzene rings is 2. The number of hydrogen-bond donors (Lipinski definition) is 1. The molecule has 1 aliphatic rings. The van der Waals surface area contributed by atoms with E-state index < -0.39 is 17.9 Å². The Bertz CT molecular complexity index is 1070. The predicted molar refractivity (Wildman–Crippen MR) is 119 cm³/mol. The highest BCUT2D eigenvalue weighted by Gasteiger charge is 2.33. The maximum Gasteiger partial charge on any atom is 0.343 e. The molecule has 0 bridgehead atoms. The molecule has 10 heteroatoms. The van der Waals surface area contributed by atoms with Crippen LogP contribution in [0.25, 0.3) is 6.08 Å². The molecule has 8 nitrogen and oxygen atoms in total. The Hall–Kier alpha value is -3.23. The van der Waals surface area contributed by atoms with Crippen molar-refractivity contribution >= 4 is 47.2 Å². The Kier molecular flexibility index (Phi) is 7.61. The Morgan fingerprint density at radius 1 is 1.12 bits per heavy atom. The van der Waals surface area contributed by atoms with Crippen LogP contribution in [0.2, 0.25) is 10.0 Å². The van der Waals surface area contributed by atoms with Crippen LogP contribution < -0.4 is 14.8 Å². The van der Waals surface area contributed by atoms with Gasteiger partial charge < -0.3 is 19.5 Å². The fourth-order valence-corrected chi connectivity index (χ4v) is 3.32. The zero-order valence-electron chi connectivity index (χ0n) is 17.3. The summed E-state index contributed by atoms with van der Waals surface area (Å²) >= 11 is 12.2. The summed E-state index contributed by atoms with van der Waals surface area (Å²) in [4.78, 5) is 37.6. The number of urea groups is 1. The van der Waals surface area contributed by atoms with Crippen LogP contribution in [0.3, 0.4) is 0 Å². The van der Waals surface area contributed by atoms with Gasteiger partial charge in [-0.1, -0.05) is 35.3 Å². The summed E-state index contributed by atoms with van der Waals surface area (Å²) in [6, 6.07) is 9.45. The van der Waals surface area contributed by atoms with E-state index in [4.69, 9.17) is 32.7 Å². The molecule has 32 heavy (non-hydrogen) atoms. The highest BCUT2D eigenvalue weighted by Crippen LogP contribution is 2.37. The van der Waals surface area contributed by atoms with Crippen molar-refractivity contribution in [2.75, 3.05) is 20.3 Å². The van der Waals surface area contributed by atoms with Gasteiger partial charge in [-0.3, -0.25) is 9.69 Å². The van der Waals surface area contributed by atoms with E-state index in [0.29, 0.717) is 17.2 Å². The Morgan fingerprint density at radius 3 is 2.50 bits per heavy atom. The molecule has 1 fully saturated rings. The van der Waals surface area contributed by atoms with Crippen LogP contribution >= 0.6 is 23.2 Å². The lowest BCUT2D eigenvalue weighted by atomic mass is 10.1. The van der Waals surface area contributed by atoms with Gasteiger partial charge in [-0.05, 0) is 48.4 Å². The van der Waals surface area contributed by atoms with E-state index in [1.807, 2.05) is 0 Å². The normalized spacial score (nSPS) is 14.5. The predicted octanol–water partition coefficient (Wildman–Crippen LogP) is 4.04. The van der Waals surface area contributed by atoms with Gasteiger partial charge in [0.1, 0.15) is 5.70 Å². The number of methoxy groups -OCH3 is 1. The number of nitrogens with zero attached hydrogens (tertiary/aromatic N) is 1. The first kappa shape index (κ1) is 23.4. The Labute approximate surface area is 194 Å². The van der Waals surface area contributed by atoms with Gasteiger partial charge in [0.05, 0.1) is 25.3 Å². The molecule has 0 saturated carbocycles. The van der Waals surface area contributed by atoms with Crippen LogP contribution in [0, 0.1) is 0 Å². The Morgan fingerprint density at radius 2 is 1.84 bits per heavy atom. The summed E-state index contributed by atoms with van der Waals surface area (Å²) < 4.78 is 15.5. The third-order valence-corrected chi connectivity index (χ3v) is 4.95. The van der Waals surface area contributed by atoms with Gasteiger partial charge in [0.25, 0.3) is 5.91 Å². The van der Waals surface area contributed by atoms with E-state index in [0.717, 1.165) is 10.5 Å². The molecule has 0 aliphatic carbocycles. The van der Waals surface area contributed by atoms with Crippen molar-refractivity contribution in [2.45, 2.75) is 13.5 Å². The van der Waals surface area contributed by atoms with E-state index >= 15 is 0 Å². The summed E-state index contributed by atoms with van der Waals surface area (Å²) in [6.45, 7) is 1.85. The second-order valence-electron chi connectivity index (χ2n) is 6.63. The largest absolute Gasteiger partial charge is 0.490 e. The summed E-state index contributed by atoms with van der Waals surface area (Å²) in [5.74, 6) is -0.599. The second kappa shape index (κ2) is 10.4. The smallest absolute Gasteiger partial charge is 0.343 e. The standard InChI is InChI=1S/C22H20Cl2N2O6/c1-3-31-18-10-14(8-16(24)20(18)32-12-19(27)30-2)9-17-21(28)26(22(29)25-17)11-13-4-6-15(23)7-5-13/h4-10H,3,11-12H2,1-2H3,(H,25,29)/b17-9-. The minimum absolute atomic E-state index is 0.0886. The van der Waals surface area contributed by atoms with Gasteiger partial charge in [-0.2, -0.15) is 0 Å². The van der Waals surface area contributed by atoms with Crippen LogP contribution in [0.15, 0.2) is 42.1 Å². The zero-order valence-corrected chi connectivity index (χ0v) is 18.8. The van der Waals surface area contributed by atoms with Crippen LogP contribution in [0.1, 0.15) is 18.1 Å². The number of rotatable bonds is 8. The van der Waals surface area contributed by atoms with E-state index in [1.165, 1.54) is 19.3 Å². The highest BCUT2D eigenvalue weighted by molar-refractivity contribution is 6.32. The minimum Gasteiger partial charge on any atom is -0.490 e. The molecular weight excluding hydrogens is 459 g/mol. The van der Waals surface area contributed by atoms with Gasteiger partial charge in [-0.25, -0.2) is 9.59 Å². The molecule has 3 amide bonds. The maximum atomic E-state index is 12.8. The van der Waals surface area contributed by atoms with Crippen LogP contribution in [-0.4, -0.2) is 43.1 Å². The van der Waals surface area contributed by atoms with Crippen LogP contribution in [0.5, 0.6) is 11.5 Å². The molecule has 2 aromatic carbocycles. The molecule has 168 valence electrons. The Balaban J connectivity index is 1.83. The van der Waals surface area contributed by atoms with Crippen molar-refractivity contribution in [3.63, 3.8) is 0 Å². The average Bonchev–Trinajstić information content (AvgIpc) is 3.02. The molecule has 1 N–H and O–H groups in total. The van der Waals surface area contributed by atoms with E-state index in [2.05, 4.69) is 10.1 Å². The van der Waals surface area contributed by atoms with Gasteiger partial charge in [0.2, 0.25) is 0 Å². The van der Waals surface area contributed by atoms with Crippen molar-refractivity contribution in [1.82, 2.24) is 10.2 Å². The third-order valence-electron chi connectivity index (χ3n) is 4.42. The molecule has 0 aromatic heterocycles. The molecule has 3 rings (SSSR count). The van der Waals surface area contributed by atoms with Gasteiger partial charge >= 0.3 is 12.0 Å². The summed E-state index contributed by atoms with van der Waals surface area (Å²) in [6.07, 6.45) is 1.49. The van der Waals surface area contributed by atoms with Crippen molar-refractivity contribution in [3.05, 3.63) is 63.3 Å². The number of carbonyl (C=O) groups is 3. The monoisotopic (exact) mass is 478 g/mol. The molecule has 0 atom stereocenters. The number of hydrogen-bond acceptors (Lipinski definition) is 6. The van der Waals surface area contributed by atoms with Gasteiger partial charge in [0.15, 0.2) is 18.1 Å². The molecule has 1 aliphatic heterocycles. The number of halogens is 2. The van der Waals surface area contributed by atoms with Crippen molar-refractivity contribution in [3.8, 4) is 11.5 Å². The first-order valence-corrected chi connectivity index (χ1v) is 10.3. The van der Waals surface area contributed by atoms with Gasteiger partial charge in [0, 0.05) is 5.02 Å². The minimum atomic E-state index is -0.574. The van der Waals surface area contributed by atoms with Crippen LogP contribution in [-0.2, 0) is 20.9 Å². The first-order valence-electron chi connectivity index (χ1n) is 9.57. The van der Waals surface area contributed by atoms with E-state index in [9.17, 15) is 14.4 Å². The lowest BCUT2D eigenvalue weighted by Crippen LogP contribution is -2.30. The van der Waals surface area contributed by atoms with E-state index in [-0.39, 0.29) is 35.4 Å². The lowest BCUT2D eigenvalue weighted by molar-refractivity contribution is -0.142. The molecular formula is C22H20Cl2N2O6. The van der Waals surface area contributed by atoms with Gasteiger partial charge in [-0.15, -0.1) is 0 Å². The number of amides is 3. The lowest BCUT2D eigenvalue weighted by Gasteiger charge is -2.14. The molecule has 1 heterocycles. The fourth-order valence-electron chi connectivity index (χ4n) is 2.92. The number of carbonyl (C=O) groups excluding carboxylic acids is 3. The number of nitrogens with one attached hydrogen (secondary N) is 1. The summed E-state index contributed by atoms with van der Waals surface area (Å²) in [5, 5.41) is 3.29. The molecule has 0 unspecified atom stereocenters. The van der Waals surface area contributed by atoms with Crippen molar-refractivity contribution < 1.29 is 28.6 Å². The number of imide groups is 1. The SMILES string of the molecule is CCOc1cc(/C=C2\NC(=O)N(Cc3ccc(Cl)cc3)C2=O)cc(Cl)c1OCC(=O)OC. The van der Waals surface area contributed by atoms with E-state index in [1.54, 1.807) is 37.3 Å². The molecule has 1 saturated heterocycles. The summed E-state index contributed by atoms with van der Waals surface area (Å²) in [7, 11) is 1.25. The third kappa shape index (κ3) is 5.52. The molecule has 2 aromatic rings.